The number of carbonyl (C=O) groups is 2. The average Bonchev–Trinajstić information content (AvgIpc) is 2.99. The van der Waals surface area contributed by atoms with Crippen LogP contribution in [-0.4, -0.2) is 42.1 Å². The minimum absolute atomic E-state index is 0.00276. The number of amides is 2. The van der Waals surface area contributed by atoms with Gasteiger partial charge in [-0.3, -0.25) is 4.79 Å². The molecular formula is C17H26N2O3S. The molecule has 23 heavy (non-hydrogen) atoms. The lowest BCUT2D eigenvalue weighted by atomic mass is 9.96. The highest BCUT2D eigenvalue weighted by Crippen LogP contribution is 2.20. The van der Waals surface area contributed by atoms with Gasteiger partial charge in [-0.25, -0.2) is 4.79 Å². The van der Waals surface area contributed by atoms with Crippen molar-refractivity contribution in [2.75, 3.05) is 19.6 Å². The van der Waals surface area contributed by atoms with Gasteiger partial charge in [0, 0.05) is 30.4 Å². The zero-order valence-electron chi connectivity index (χ0n) is 14.1. The first-order chi connectivity index (χ1) is 10.8. The molecule has 1 N–H and O–H groups in total. The van der Waals surface area contributed by atoms with E-state index >= 15 is 0 Å². The van der Waals surface area contributed by atoms with Gasteiger partial charge in [0.2, 0.25) is 5.91 Å². The summed E-state index contributed by atoms with van der Waals surface area (Å²) >= 11 is 1.71. The molecule has 6 heteroatoms. The monoisotopic (exact) mass is 338 g/mol. The highest BCUT2D eigenvalue weighted by atomic mass is 32.1. The Kier molecular flexibility index (Phi) is 6.04. The van der Waals surface area contributed by atoms with Gasteiger partial charge in [-0.15, -0.1) is 11.3 Å². The first-order valence-electron chi connectivity index (χ1n) is 8.13. The Balaban J connectivity index is 1.69. The summed E-state index contributed by atoms with van der Waals surface area (Å²) in [6.07, 6.45) is 1.99. The number of nitrogens with zero attached hydrogens (tertiary/aromatic N) is 1. The molecule has 0 spiro atoms. The second kappa shape index (κ2) is 7.81. The average molecular weight is 338 g/mol. The number of ether oxygens (including phenoxy) is 1. The summed E-state index contributed by atoms with van der Waals surface area (Å²) in [5.41, 5.74) is -0.479. The van der Waals surface area contributed by atoms with Gasteiger partial charge in [-0.2, -0.15) is 0 Å². The number of hydrogen-bond acceptors (Lipinski definition) is 4. The van der Waals surface area contributed by atoms with Crippen molar-refractivity contribution < 1.29 is 14.3 Å². The largest absolute Gasteiger partial charge is 0.444 e. The van der Waals surface area contributed by atoms with Crippen LogP contribution in [0.15, 0.2) is 17.5 Å². The van der Waals surface area contributed by atoms with Crippen LogP contribution in [0.4, 0.5) is 4.79 Å². The van der Waals surface area contributed by atoms with Crippen LogP contribution in [0.2, 0.25) is 0 Å². The van der Waals surface area contributed by atoms with E-state index in [4.69, 9.17) is 4.74 Å². The van der Waals surface area contributed by atoms with Crippen LogP contribution >= 0.6 is 11.3 Å². The molecule has 0 aliphatic carbocycles. The van der Waals surface area contributed by atoms with Crippen molar-refractivity contribution in [1.82, 2.24) is 10.2 Å². The number of likely N-dealkylation sites (tertiary alicyclic amines) is 1. The van der Waals surface area contributed by atoms with Gasteiger partial charge in [0.25, 0.3) is 0 Å². The molecule has 2 rings (SSSR count). The lowest BCUT2D eigenvalue weighted by molar-refractivity contribution is -0.126. The molecule has 5 nitrogen and oxygen atoms in total. The highest BCUT2D eigenvalue weighted by Gasteiger charge is 2.29. The molecule has 2 amide bonds. The zero-order chi connectivity index (χ0) is 16.9. The fraction of sp³-hybridized carbons (Fsp3) is 0.647. The molecule has 0 saturated carbocycles. The van der Waals surface area contributed by atoms with Crippen molar-refractivity contribution in [1.29, 1.82) is 0 Å². The van der Waals surface area contributed by atoms with Gasteiger partial charge in [-0.05, 0) is 51.5 Å². The van der Waals surface area contributed by atoms with E-state index < -0.39 is 5.60 Å². The van der Waals surface area contributed by atoms with E-state index in [1.807, 2.05) is 32.2 Å². The Morgan fingerprint density at radius 2 is 2.04 bits per heavy atom. The molecule has 1 aromatic rings. The van der Waals surface area contributed by atoms with E-state index in [2.05, 4.69) is 11.4 Å². The van der Waals surface area contributed by atoms with Crippen LogP contribution in [0.25, 0.3) is 0 Å². The molecule has 0 unspecified atom stereocenters. The van der Waals surface area contributed by atoms with E-state index in [0.717, 1.165) is 6.42 Å². The summed E-state index contributed by atoms with van der Waals surface area (Å²) in [5.74, 6) is 0.0995. The summed E-state index contributed by atoms with van der Waals surface area (Å²) in [7, 11) is 0. The van der Waals surface area contributed by atoms with Crippen molar-refractivity contribution in [3.8, 4) is 0 Å². The highest BCUT2D eigenvalue weighted by molar-refractivity contribution is 7.09. The van der Waals surface area contributed by atoms with Gasteiger partial charge in [0.15, 0.2) is 0 Å². The normalized spacial score (nSPS) is 16.2. The van der Waals surface area contributed by atoms with Gasteiger partial charge in [0.05, 0.1) is 0 Å². The molecule has 2 heterocycles. The molecule has 1 saturated heterocycles. The fourth-order valence-electron chi connectivity index (χ4n) is 2.56. The van der Waals surface area contributed by atoms with Crippen molar-refractivity contribution in [2.24, 2.45) is 5.92 Å². The van der Waals surface area contributed by atoms with Crippen molar-refractivity contribution >= 4 is 23.3 Å². The van der Waals surface area contributed by atoms with Gasteiger partial charge in [-0.1, -0.05) is 6.07 Å². The number of hydrogen-bond donors (Lipinski definition) is 1. The number of piperidine rings is 1. The minimum atomic E-state index is -0.479. The summed E-state index contributed by atoms with van der Waals surface area (Å²) in [4.78, 5) is 27.2. The van der Waals surface area contributed by atoms with Crippen LogP contribution < -0.4 is 5.32 Å². The predicted molar refractivity (Wildman–Crippen MR) is 91.6 cm³/mol. The fourth-order valence-corrected chi connectivity index (χ4v) is 3.27. The molecule has 1 fully saturated rings. The molecular weight excluding hydrogens is 312 g/mol. The molecule has 0 radical (unpaired) electrons. The summed E-state index contributed by atoms with van der Waals surface area (Å²) in [6, 6.07) is 4.10. The Bertz CT molecular complexity index is 514. The predicted octanol–water partition coefficient (Wildman–Crippen LogP) is 3.05. The minimum Gasteiger partial charge on any atom is -0.444 e. The van der Waals surface area contributed by atoms with Crippen LogP contribution in [0.1, 0.15) is 38.5 Å². The van der Waals surface area contributed by atoms with E-state index in [1.54, 1.807) is 16.2 Å². The standard InChI is InChI=1S/C17H26N2O3S/c1-17(2,3)22-16(21)19-10-7-13(8-11-19)15(20)18-9-6-14-5-4-12-23-14/h4-5,12-13H,6-11H2,1-3H3,(H,18,20). The van der Waals surface area contributed by atoms with Crippen LogP contribution in [0.5, 0.6) is 0 Å². The third-order valence-electron chi connectivity index (χ3n) is 3.77. The SMILES string of the molecule is CC(C)(C)OC(=O)N1CCC(C(=O)NCCc2cccs2)CC1. The van der Waals surface area contributed by atoms with Gasteiger partial charge >= 0.3 is 6.09 Å². The molecule has 1 aliphatic heterocycles. The lowest BCUT2D eigenvalue weighted by Crippen LogP contribution is -2.45. The Labute approximate surface area is 142 Å². The molecule has 0 bridgehead atoms. The zero-order valence-corrected chi connectivity index (χ0v) is 14.9. The van der Waals surface area contributed by atoms with E-state index in [9.17, 15) is 9.59 Å². The van der Waals surface area contributed by atoms with Crippen molar-refractivity contribution in [3.63, 3.8) is 0 Å². The lowest BCUT2D eigenvalue weighted by Gasteiger charge is -2.32. The Hall–Kier alpha value is -1.56. The number of carbonyl (C=O) groups excluding carboxylic acids is 2. The third kappa shape index (κ3) is 5.86. The number of thiophene rings is 1. The molecule has 128 valence electrons. The maximum absolute atomic E-state index is 12.2. The summed E-state index contributed by atoms with van der Waals surface area (Å²) in [6.45, 7) is 7.41. The first kappa shape index (κ1) is 17.8. The molecule has 0 atom stereocenters. The van der Waals surface area contributed by atoms with Crippen molar-refractivity contribution in [2.45, 2.75) is 45.6 Å². The Morgan fingerprint density at radius 1 is 1.35 bits per heavy atom. The van der Waals surface area contributed by atoms with E-state index in [-0.39, 0.29) is 17.9 Å². The number of rotatable bonds is 4. The quantitative estimate of drug-likeness (QED) is 0.918. The second-order valence-corrected chi connectivity index (χ2v) is 7.89. The Morgan fingerprint density at radius 3 is 2.61 bits per heavy atom. The van der Waals surface area contributed by atoms with Crippen LogP contribution in [0, 0.1) is 5.92 Å². The second-order valence-electron chi connectivity index (χ2n) is 6.86. The topological polar surface area (TPSA) is 58.6 Å². The van der Waals surface area contributed by atoms with E-state index in [0.29, 0.717) is 32.5 Å². The maximum atomic E-state index is 12.2. The molecule has 1 aliphatic rings. The number of nitrogens with one attached hydrogen (secondary N) is 1. The molecule has 0 aromatic carbocycles. The third-order valence-corrected chi connectivity index (χ3v) is 4.70. The summed E-state index contributed by atoms with van der Waals surface area (Å²) in [5, 5.41) is 5.05. The maximum Gasteiger partial charge on any atom is 0.410 e. The van der Waals surface area contributed by atoms with Gasteiger partial charge < -0.3 is 15.0 Å². The van der Waals surface area contributed by atoms with Gasteiger partial charge in [0.1, 0.15) is 5.60 Å². The smallest absolute Gasteiger partial charge is 0.410 e. The van der Waals surface area contributed by atoms with Crippen molar-refractivity contribution in [3.05, 3.63) is 22.4 Å². The molecule has 1 aromatic heterocycles. The van der Waals surface area contributed by atoms with Crippen LogP contribution in [-0.2, 0) is 16.0 Å². The van der Waals surface area contributed by atoms with Crippen LogP contribution in [0.3, 0.4) is 0 Å². The first-order valence-corrected chi connectivity index (χ1v) is 9.01. The summed E-state index contributed by atoms with van der Waals surface area (Å²) < 4.78 is 5.37. The van der Waals surface area contributed by atoms with E-state index in [1.165, 1.54) is 4.88 Å².